The fourth-order valence-electron chi connectivity index (χ4n) is 2.22. The van der Waals surface area contributed by atoms with Gasteiger partial charge in [0, 0.05) is 28.7 Å². The molecule has 0 saturated carbocycles. The summed E-state index contributed by atoms with van der Waals surface area (Å²) in [5, 5.41) is 0.964. The van der Waals surface area contributed by atoms with Crippen LogP contribution in [0.1, 0.15) is 17.3 Å². The molecule has 5 N–H and O–H groups in total. The van der Waals surface area contributed by atoms with Crippen molar-refractivity contribution in [2.75, 3.05) is 11.5 Å². The van der Waals surface area contributed by atoms with Crippen molar-refractivity contribution >= 4 is 40.1 Å². The fourth-order valence-corrected chi connectivity index (χ4v) is 3.09. The number of fused-ring (bicyclic) bond motifs is 1. The molecule has 0 amide bonds. The predicted molar refractivity (Wildman–Crippen MR) is 88.8 cm³/mol. The number of hydrogen-bond acceptors (Lipinski definition) is 6. The quantitative estimate of drug-likeness (QED) is 0.388. The zero-order valence-electron chi connectivity index (χ0n) is 11.9. The lowest BCUT2D eigenvalue weighted by atomic mass is 10.1. The summed E-state index contributed by atoms with van der Waals surface area (Å²) in [5.74, 6) is 0.593. The molecule has 3 rings (SSSR count). The highest BCUT2D eigenvalue weighted by Crippen LogP contribution is 2.27. The maximum absolute atomic E-state index is 12.6. The number of benzene rings is 1. The van der Waals surface area contributed by atoms with Crippen molar-refractivity contribution in [2.45, 2.75) is 17.3 Å². The molecular weight excluding hydrogens is 298 g/mol. The lowest BCUT2D eigenvalue weighted by Crippen LogP contribution is -2.14. The van der Waals surface area contributed by atoms with Crippen molar-refractivity contribution in [2.24, 2.45) is 0 Å². The zero-order valence-corrected chi connectivity index (χ0v) is 12.7. The second-order valence-corrected chi connectivity index (χ2v) is 6.18. The molecule has 0 aliphatic rings. The minimum atomic E-state index is -0.347. The number of hydrogen-bond donors (Lipinski definition) is 3. The number of carbonyl (C=O) groups excluding carboxylic acids is 1. The van der Waals surface area contributed by atoms with Crippen molar-refractivity contribution in [1.29, 1.82) is 0 Å². The summed E-state index contributed by atoms with van der Waals surface area (Å²) < 4.78 is 0. The summed E-state index contributed by atoms with van der Waals surface area (Å²) in [4.78, 5) is 23.9. The average Bonchev–Trinajstić information content (AvgIpc) is 2.89. The number of Topliss-reactive ketones (excluding diaryl/α,β-unsaturated/α-hetero) is 1. The third kappa shape index (κ3) is 2.75. The zero-order chi connectivity index (χ0) is 15.7. The molecule has 0 radical (unpaired) electrons. The highest BCUT2D eigenvalue weighted by molar-refractivity contribution is 8.00. The topological polar surface area (TPSA) is 111 Å². The van der Waals surface area contributed by atoms with E-state index in [0.717, 1.165) is 10.9 Å². The fraction of sp³-hybridized carbons (Fsp3) is 0.133. The number of rotatable bonds is 4. The van der Waals surface area contributed by atoms with Gasteiger partial charge in [0.15, 0.2) is 10.9 Å². The average molecular weight is 313 g/mol. The monoisotopic (exact) mass is 313 g/mol. The Hall–Kier alpha value is -2.54. The van der Waals surface area contributed by atoms with E-state index in [1.54, 1.807) is 6.20 Å². The van der Waals surface area contributed by atoms with Crippen LogP contribution in [-0.4, -0.2) is 26.0 Å². The van der Waals surface area contributed by atoms with Gasteiger partial charge in [-0.05, 0) is 13.0 Å². The van der Waals surface area contributed by atoms with Gasteiger partial charge >= 0.3 is 0 Å². The molecule has 0 saturated heterocycles. The lowest BCUT2D eigenvalue weighted by Gasteiger charge is -2.09. The first-order valence-corrected chi connectivity index (χ1v) is 7.59. The van der Waals surface area contributed by atoms with Gasteiger partial charge in [-0.15, -0.1) is 0 Å². The number of thioether (sulfide) groups is 1. The molecular formula is C15H15N5OS. The second-order valence-electron chi connectivity index (χ2n) is 4.87. The summed E-state index contributed by atoms with van der Waals surface area (Å²) in [6.07, 6.45) is 1.73. The number of nitrogen functional groups attached to an aromatic ring is 2. The Labute approximate surface area is 131 Å². The van der Waals surface area contributed by atoms with E-state index in [2.05, 4.69) is 15.0 Å². The van der Waals surface area contributed by atoms with Crippen LogP contribution < -0.4 is 11.5 Å². The van der Waals surface area contributed by atoms with Crippen LogP contribution in [-0.2, 0) is 0 Å². The Morgan fingerprint density at radius 3 is 2.64 bits per heavy atom. The third-order valence-corrected chi connectivity index (χ3v) is 4.21. The highest BCUT2D eigenvalue weighted by atomic mass is 32.2. The van der Waals surface area contributed by atoms with Gasteiger partial charge in [-0.1, -0.05) is 30.0 Å². The van der Waals surface area contributed by atoms with E-state index < -0.39 is 0 Å². The standard InChI is InChI=1S/C15H15N5OS/c1-8(22-15-19-12(16)6-13(17)20-15)14(21)10-7-18-11-5-3-2-4-9(10)11/h2-8,18H,1H3,(H4,16,17,19,20)/t8-/m1/s1. The van der Waals surface area contributed by atoms with Gasteiger partial charge in [0.2, 0.25) is 0 Å². The molecule has 1 atom stereocenters. The summed E-state index contributed by atoms with van der Waals surface area (Å²) in [5.41, 5.74) is 12.9. The van der Waals surface area contributed by atoms with Gasteiger partial charge in [-0.25, -0.2) is 9.97 Å². The van der Waals surface area contributed by atoms with Crippen LogP contribution in [0.2, 0.25) is 0 Å². The maximum atomic E-state index is 12.6. The lowest BCUT2D eigenvalue weighted by molar-refractivity contribution is 0.0995. The van der Waals surface area contributed by atoms with E-state index in [9.17, 15) is 4.79 Å². The predicted octanol–water partition coefficient (Wildman–Crippen LogP) is 2.49. The van der Waals surface area contributed by atoms with Gasteiger partial charge in [-0.2, -0.15) is 0 Å². The van der Waals surface area contributed by atoms with Gasteiger partial charge < -0.3 is 16.5 Å². The molecule has 2 aromatic heterocycles. The second kappa shape index (κ2) is 5.69. The number of ketones is 1. The number of nitrogens with one attached hydrogen (secondary N) is 1. The first-order chi connectivity index (χ1) is 10.5. The van der Waals surface area contributed by atoms with Gasteiger partial charge in [0.05, 0.1) is 5.25 Å². The van der Waals surface area contributed by atoms with Gasteiger partial charge in [-0.3, -0.25) is 4.79 Å². The Balaban J connectivity index is 1.85. The molecule has 0 bridgehead atoms. The van der Waals surface area contributed by atoms with Crippen LogP contribution in [0.25, 0.3) is 10.9 Å². The van der Waals surface area contributed by atoms with E-state index in [1.165, 1.54) is 17.8 Å². The molecule has 0 aliphatic heterocycles. The number of para-hydroxylation sites is 1. The minimum absolute atomic E-state index is 0.00652. The van der Waals surface area contributed by atoms with Gasteiger partial charge in [0.1, 0.15) is 11.6 Å². The molecule has 112 valence electrons. The van der Waals surface area contributed by atoms with E-state index in [4.69, 9.17) is 11.5 Å². The summed E-state index contributed by atoms with van der Waals surface area (Å²) in [6, 6.07) is 9.17. The van der Waals surface area contributed by atoms with Crippen molar-refractivity contribution in [3.05, 3.63) is 42.1 Å². The Bertz CT molecular complexity index is 825. The van der Waals surface area contributed by atoms with Crippen molar-refractivity contribution in [3.63, 3.8) is 0 Å². The van der Waals surface area contributed by atoms with Crippen LogP contribution in [0.3, 0.4) is 0 Å². The highest BCUT2D eigenvalue weighted by Gasteiger charge is 2.21. The summed E-state index contributed by atoms with van der Waals surface area (Å²) >= 11 is 1.24. The smallest absolute Gasteiger partial charge is 0.192 e. The summed E-state index contributed by atoms with van der Waals surface area (Å²) in [6.45, 7) is 1.82. The van der Waals surface area contributed by atoms with Gasteiger partial charge in [0.25, 0.3) is 0 Å². The van der Waals surface area contributed by atoms with Crippen LogP contribution in [0.5, 0.6) is 0 Å². The molecule has 3 aromatic rings. The molecule has 7 heteroatoms. The SMILES string of the molecule is C[C@@H](Sc1nc(N)cc(N)n1)C(=O)c1c[nH]c2ccccc12. The number of aromatic nitrogens is 3. The molecule has 0 aliphatic carbocycles. The number of carbonyl (C=O) groups is 1. The van der Waals surface area contributed by atoms with E-state index >= 15 is 0 Å². The molecule has 22 heavy (non-hydrogen) atoms. The van der Waals surface area contributed by atoms with Crippen molar-refractivity contribution in [1.82, 2.24) is 15.0 Å². The molecule has 0 unspecified atom stereocenters. The van der Waals surface area contributed by atoms with Crippen molar-refractivity contribution in [3.8, 4) is 0 Å². The van der Waals surface area contributed by atoms with E-state index in [-0.39, 0.29) is 11.0 Å². The third-order valence-electron chi connectivity index (χ3n) is 3.25. The molecule has 0 fully saturated rings. The first-order valence-electron chi connectivity index (χ1n) is 6.71. The van der Waals surface area contributed by atoms with Crippen molar-refractivity contribution < 1.29 is 4.79 Å². The summed E-state index contributed by atoms with van der Waals surface area (Å²) in [7, 11) is 0. The number of H-pyrrole nitrogens is 1. The van der Waals surface area contributed by atoms with E-state index in [1.807, 2.05) is 31.2 Å². The molecule has 1 aromatic carbocycles. The van der Waals surface area contributed by atoms with E-state index in [0.29, 0.717) is 22.4 Å². The van der Waals surface area contributed by atoms with Crippen LogP contribution in [0.4, 0.5) is 11.6 Å². The molecule has 6 nitrogen and oxygen atoms in total. The Morgan fingerprint density at radius 2 is 1.91 bits per heavy atom. The molecule has 2 heterocycles. The number of aromatic amines is 1. The normalized spacial score (nSPS) is 12.4. The number of nitrogens with zero attached hydrogens (tertiary/aromatic N) is 2. The molecule has 0 spiro atoms. The maximum Gasteiger partial charge on any atom is 0.192 e. The first kappa shape index (κ1) is 14.4. The Morgan fingerprint density at radius 1 is 1.23 bits per heavy atom. The van der Waals surface area contributed by atoms with Crippen LogP contribution in [0, 0.1) is 0 Å². The largest absolute Gasteiger partial charge is 0.383 e. The number of anilines is 2. The van der Waals surface area contributed by atoms with Crippen LogP contribution >= 0.6 is 11.8 Å². The Kier molecular flexibility index (Phi) is 3.72. The minimum Gasteiger partial charge on any atom is -0.383 e. The van der Waals surface area contributed by atoms with Crippen LogP contribution in [0.15, 0.2) is 41.7 Å². The number of nitrogens with two attached hydrogens (primary N) is 2.